The number of halogens is 5. The van der Waals surface area contributed by atoms with E-state index in [0.29, 0.717) is 50.4 Å². The molecule has 0 aliphatic rings. The van der Waals surface area contributed by atoms with Crippen LogP contribution in [0.15, 0.2) is 47.7 Å². The van der Waals surface area contributed by atoms with Crippen LogP contribution in [0.25, 0.3) is 0 Å². The van der Waals surface area contributed by atoms with Gasteiger partial charge >= 0.3 is 0 Å². The van der Waals surface area contributed by atoms with Gasteiger partial charge in [0, 0.05) is 21.0 Å². The Bertz CT molecular complexity index is 803. The first kappa shape index (κ1) is 21.5. The SMILES string of the molecule is CC(C)(CCOc1ccc(Cl)cc1Cl)/C(=C/Cl)Oc1ccc(Cl)cc1Cl. The lowest BCUT2D eigenvalue weighted by molar-refractivity contribution is 0.206. The third kappa shape index (κ3) is 5.87. The van der Waals surface area contributed by atoms with Crippen LogP contribution in [0.3, 0.4) is 0 Å². The largest absolute Gasteiger partial charge is 0.492 e. The Morgan fingerprint density at radius 2 is 1.46 bits per heavy atom. The first-order valence-corrected chi connectivity index (χ1v) is 9.69. The van der Waals surface area contributed by atoms with Crippen molar-refractivity contribution >= 4 is 58.0 Å². The molecule has 0 aliphatic carbocycles. The van der Waals surface area contributed by atoms with Crippen LogP contribution in [0.5, 0.6) is 11.5 Å². The molecule has 0 bridgehead atoms. The van der Waals surface area contributed by atoms with Gasteiger partial charge in [0.25, 0.3) is 0 Å². The van der Waals surface area contributed by atoms with E-state index in [-0.39, 0.29) is 0 Å². The van der Waals surface area contributed by atoms with Crippen LogP contribution < -0.4 is 9.47 Å². The van der Waals surface area contributed by atoms with Crippen LogP contribution >= 0.6 is 58.0 Å². The van der Waals surface area contributed by atoms with Crippen LogP contribution in [-0.2, 0) is 0 Å². The zero-order chi connectivity index (χ0) is 19.3. The molecule has 2 nitrogen and oxygen atoms in total. The molecule has 0 fully saturated rings. The van der Waals surface area contributed by atoms with Gasteiger partial charge in [-0.05, 0) is 42.8 Å². The summed E-state index contributed by atoms with van der Waals surface area (Å²) in [5, 5.41) is 1.97. The van der Waals surface area contributed by atoms with Gasteiger partial charge in [0.2, 0.25) is 0 Å². The van der Waals surface area contributed by atoms with E-state index in [4.69, 9.17) is 67.5 Å². The average molecular weight is 455 g/mol. The Balaban J connectivity index is 2.02. The van der Waals surface area contributed by atoms with Crippen molar-refractivity contribution in [3.63, 3.8) is 0 Å². The minimum absolute atomic E-state index is 0.399. The Labute approximate surface area is 178 Å². The van der Waals surface area contributed by atoms with Crippen molar-refractivity contribution in [1.82, 2.24) is 0 Å². The molecule has 0 heterocycles. The Morgan fingerprint density at radius 1 is 0.923 bits per heavy atom. The average Bonchev–Trinajstić information content (AvgIpc) is 2.56. The maximum Gasteiger partial charge on any atom is 0.145 e. The maximum atomic E-state index is 6.17. The second-order valence-corrected chi connectivity index (χ2v) is 8.11. The molecule has 0 saturated heterocycles. The molecule has 0 atom stereocenters. The molecule has 0 aromatic heterocycles. The molecular formula is C19H17Cl5O2. The van der Waals surface area contributed by atoms with E-state index < -0.39 is 5.41 Å². The maximum absolute atomic E-state index is 6.17. The summed E-state index contributed by atoms with van der Waals surface area (Å²) in [6, 6.07) is 10.1. The van der Waals surface area contributed by atoms with Crippen molar-refractivity contribution in [3.8, 4) is 11.5 Å². The van der Waals surface area contributed by atoms with E-state index in [0.717, 1.165) is 0 Å². The fourth-order valence-corrected chi connectivity index (χ4v) is 3.37. The predicted octanol–water partition coefficient (Wildman–Crippen LogP) is 8.25. The van der Waals surface area contributed by atoms with E-state index in [1.165, 1.54) is 5.54 Å². The van der Waals surface area contributed by atoms with Gasteiger partial charge in [-0.15, -0.1) is 0 Å². The highest BCUT2D eigenvalue weighted by molar-refractivity contribution is 6.36. The Kier molecular flexibility index (Phi) is 7.81. The number of hydrogen-bond acceptors (Lipinski definition) is 2. The van der Waals surface area contributed by atoms with Crippen molar-refractivity contribution < 1.29 is 9.47 Å². The van der Waals surface area contributed by atoms with E-state index in [1.54, 1.807) is 36.4 Å². The fraction of sp³-hybridized carbons (Fsp3) is 0.263. The molecule has 26 heavy (non-hydrogen) atoms. The smallest absolute Gasteiger partial charge is 0.145 e. The normalized spacial score (nSPS) is 12.2. The molecule has 2 aromatic rings. The Morgan fingerprint density at radius 3 is 1.96 bits per heavy atom. The van der Waals surface area contributed by atoms with Crippen molar-refractivity contribution in [3.05, 3.63) is 67.8 Å². The summed E-state index contributed by atoms with van der Waals surface area (Å²) < 4.78 is 11.6. The standard InChI is InChI=1S/C19H17Cl5O2/c1-19(2,7-8-25-16-5-3-12(21)9-14(16)23)18(11-20)26-17-6-4-13(22)10-15(17)24/h3-6,9-11H,7-8H2,1-2H3/b18-11-. The topological polar surface area (TPSA) is 18.5 Å². The van der Waals surface area contributed by atoms with Crippen LogP contribution in [0, 0.1) is 5.41 Å². The molecular weight excluding hydrogens is 437 g/mol. The molecule has 0 N–H and O–H groups in total. The summed E-state index contributed by atoms with van der Waals surface area (Å²) in [7, 11) is 0. The number of rotatable bonds is 7. The number of hydrogen-bond donors (Lipinski definition) is 0. The monoisotopic (exact) mass is 452 g/mol. The lowest BCUT2D eigenvalue weighted by Crippen LogP contribution is -2.22. The molecule has 7 heteroatoms. The first-order chi connectivity index (χ1) is 12.2. The summed E-state index contributed by atoms with van der Waals surface area (Å²) in [5.74, 6) is 1.62. The van der Waals surface area contributed by atoms with Crippen LogP contribution in [0.4, 0.5) is 0 Å². The highest BCUT2D eigenvalue weighted by Gasteiger charge is 2.26. The first-order valence-electron chi connectivity index (χ1n) is 7.74. The fourth-order valence-electron chi connectivity index (χ4n) is 2.12. The second-order valence-electron chi connectivity index (χ2n) is 6.21. The second kappa shape index (κ2) is 9.43. The quantitative estimate of drug-likeness (QED) is 0.392. The number of allylic oxidation sites excluding steroid dienone is 1. The van der Waals surface area contributed by atoms with Gasteiger partial charge in [0.15, 0.2) is 0 Å². The lowest BCUT2D eigenvalue weighted by atomic mass is 9.88. The van der Waals surface area contributed by atoms with Gasteiger partial charge < -0.3 is 9.47 Å². The van der Waals surface area contributed by atoms with Gasteiger partial charge in [-0.3, -0.25) is 0 Å². The minimum atomic E-state index is -0.399. The van der Waals surface area contributed by atoms with Crippen molar-refractivity contribution in [2.45, 2.75) is 20.3 Å². The molecule has 2 rings (SSSR count). The molecule has 0 saturated carbocycles. The van der Waals surface area contributed by atoms with E-state index >= 15 is 0 Å². The van der Waals surface area contributed by atoms with Crippen molar-refractivity contribution in [1.29, 1.82) is 0 Å². The summed E-state index contributed by atoms with van der Waals surface area (Å²) in [4.78, 5) is 0. The summed E-state index contributed by atoms with van der Waals surface area (Å²) >= 11 is 30.1. The Hall–Kier alpha value is -0.770. The minimum Gasteiger partial charge on any atom is -0.492 e. The van der Waals surface area contributed by atoms with Crippen molar-refractivity contribution in [2.75, 3.05) is 6.61 Å². The zero-order valence-corrected chi connectivity index (χ0v) is 17.9. The lowest BCUT2D eigenvalue weighted by Gasteiger charge is -2.27. The molecule has 0 aliphatic heterocycles. The highest BCUT2D eigenvalue weighted by Crippen LogP contribution is 2.37. The van der Waals surface area contributed by atoms with Crippen LogP contribution in [-0.4, -0.2) is 6.61 Å². The number of ether oxygens (including phenoxy) is 2. The molecule has 2 aromatic carbocycles. The van der Waals surface area contributed by atoms with Gasteiger partial charge in [-0.25, -0.2) is 0 Å². The third-order valence-electron chi connectivity index (χ3n) is 3.76. The van der Waals surface area contributed by atoms with Crippen molar-refractivity contribution in [2.24, 2.45) is 5.41 Å². The summed E-state index contributed by atoms with van der Waals surface area (Å²) in [5.41, 5.74) is 1.00. The van der Waals surface area contributed by atoms with E-state index in [1.807, 2.05) is 13.8 Å². The van der Waals surface area contributed by atoms with Gasteiger partial charge in [-0.2, -0.15) is 0 Å². The molecule has 0 radical (unpaired) electrons. The summed E-state index contributed by atoms with van der Waals surface area (Å²) in [6.45, 7) is 4.41. The molecule has 0 spiro atoms. The predicted molar refractivity (Wildman–Crippen MR) is 111 cm³/mol. The van der Waals surface area contributed by atoms with Crippen LogP contribution in [0.2, 0.25) is 20.1 Å². The molecule has 0 amide bonds. The van der Waals surface area contributed by atoms with E-state index in [9.17, 15) is 0 Å². The molecule has 0 unspecified atom stereocenters. The van der Waals surface area contributed by atoms with E-state index in [2.05, 4.69) is 0 Å². The highest BCUT2D eigenvalue weighted by atomic mass is 35.5. The van der Waals surface area contributed by atoms with Gasteiger partial charge in [0.1, 0.15) is 17.3 Å². The van der Waals surface area contributed by atoms with Crippen LogP contribution in [0.1, 0.15) is 20.3 Å². The zero-order valence-electron chi connectivity index (χ0n) is 14.2. The van der Waals surface area contributed by atoms with Gasteiger partial charge in [-0.1, -0.05) is 71.9 Å². The van der Waals surface area contributed by atoms with Gasteiger partial charge in [0.05, 0.1) is 16.7 Å². The number of benzene rings is 2. The summed E-state index contributed by atoms with van der Waals surface area (Å²) in [6.07, 6.45) is 0.635. The third-order valence-corrected chi connectivity index (χ3v) is 5.02. The molecule has 140 valence electrons.